The van der Waals surface area contributed by atoms with Gasteiger partial charge in [0.1, 0.15) is 17.2 Å². The first kappa shape index (κ1) is 20.5. The predicted octanol–water partition coefficient (Wildman–Crippen LogP) is 4.49. The number of ether oxygens (including phenoxy) is 1. The molecule has 4 heterocycles. The van der Waals surface area contributed by atoms with Gasteiger partial charge in [-0.2, -0.15) is 0 Å². The fourth-order valence-corrected chi connectivity index (χ4v) is 4.07. The first-order valence-electron chi connectivity index (χ1n) is 10.1. The third-order valence-electron chi connectivity index (χ3n) is 5.43. The average molecular weight is 419 g/mol. The molecule has 160 valence electrons. The van der Waals surface area contributed by atoms with E-state index < -0.39 is 6.36 Å². The lowest BCUT2D eigenvalue weighted by atomic mass is 9.62. The van der Waals surface area contributed by atoms with Gasteiger partial charge in [-0.3, -0.25) is 4.40 Å². The molecular weight excluding hydrogens is 395 g/mol. The highest BCUT2D eigenvalue weighted by Gasteiger charge is 2.48. The first-order valence-corrected chi connectivity index (χ1v) is 10.1. The van der Waals surface area contributed by atoms with Gasteiger partial charge in [0.2, 0.25) is 0 Å². The molecule has 1 saturated carbocycles. The molecule has 0 unspecified atom stereocenters. The Morgan fingerprint density at radius 1 is 1.17 bits per heavy atom. The second-order valence-corrected chi connectivity index (χ2v) is 7.55. The maximum Gasteiger partial charge on any atom is 0.573 e. The summed E-state index contributed by atoms with van der Waals surface area (Å²) in [4.78, 5) is 8.88. The Labute approximate surface area is 172 Å². The number of aromatic nitrogens is 3. The summed E-state index contributed by atoms with van der Waals surface area (Å²) in [7, 11) is 0. The van der Waals surface area contributed by atoms with E-state index in [1.165, 1.54) is 18.3 Å². The van der Waals surface area contributed by atoms with Crippen LogP contribution in [0.15, 0.2) is 42.7 Å². The largest absolute Gasteiger partial charge is 0.573 e. The SMILES string of the molecule is CC.FC(F)(F)Oc1ccc2ncc(-c3cccc(NC4CC5(CNC5)C4)n3)n2c1. The molecule has 9 heteroatoms. The Morgan fingerprint density at radius 3 is 2.60 bits per heavy atom. The van der Waals surface area contributed by atoms with Gasteiger partial charge < -0.3 is 15.4 Å². The van der Waals surface area contributed by atoms with Gasteiger partial charge in [-0.1, -0.05) is 19.9 Å². The molecule has 6 nitrogen and oxygen atoms in total. The average Bonchev–Trinajstić information content (AvgIpc) is 3.06. The van der Waals surface area contributed by atoms with Crippen LogP contribution in [0.25, 0.3) is 17.0 Å². The van der Waals surface area contributed by atoms with E-state index in [1.807, 2.05) is 32.0 Å². The van der Waals surface area contributed by atoms with Crippen LogP contribution in [-0.2, 0) is 0 Å². The maximum absolute atomic E-state index is 12.5. The van der Waals surface area contributed by atoms with Gasteiger partial charge in [-0.15, -0.1) is 13.2 Å². The van der Waals surface area contributed by atoms with Crippen LogP contribution >= 0.6 is 0 Å². The highest BCUT2D eigenvalue weighted by molar-refractivity contribution is 5.62. The van der Waals surface area contributed by atoms with E-state index in [1.54, 1.807) is 10.6 Å². The second kappa shape index (κ2) is 7.79. The highest BCUT2D eigenvalue weighted by Crippen LogP contribution is 2.45. The van der Waals surface area contributed by atoms with Crippen molar-refractivity contribution in [1.29, 1.82) is 0 Å². The molecule has 2 fully saturated rings. The Bertz CT molecular complexity index is 1020. The van der Waals surface area contributed by atoms with Crippen LogP contribution in [0.4, 0.5) is 19.0 Å². The molecule has 1 spiro atoms. The third kappa shape index (κ3) is 4.07. The van der Waals surface area contributed by atoms with Crippen molar-refractivity contribution in [2.75, 3.05) is 18.4 Å². The van der Waals surface area contributed by atoms with E-state index in [2.05, 4.69) is 25.3 Å². The molecule has 5 rings (SSSR count). The summed E-state index contributed by atoms with van der Waals surface area (Å²) >= 11 is 0. The van der Waals surface area contributed by atoms with Gasteiger partial charge >= 0.3 is 6.36 Å². The van der Waals surface area contributed by atoms with Crippen LogP contribution in [0.1, 0.15) is 26.7 Å². The van der Waals surface area contributed by atoms with Gasteiger partial charge in [0, 0.05) is 19.1 Å². The van der Waals surface area contributed by atoms with Crippen molar-refractivity contribution in [3.8, 4) is 17.1 Å². The van der Waals surface area contributed by atoms with Crippen molar-refractivity contribution >= 4 is 11.5 Å². The molecule has 30 heavy (non-hydrogen) atoms. The van der Waals surface area contributed by atoms with E-state index in [-0.39, 0.29) is 5.75 Å². The minimum absolute atomic E-state index is 0.303. The second-order valence-electron chi connectivity index (χ2n) is 7.55. The fraction of sp³-hybridized carbons (Fsp3) is 0.429. The fourth-order valence-electron chi connectivity index (χ4n) is 4.07. The minimum atomic E-state index is -4.74. The molecule has 0 aromatic carbocycles. The number of alkyl halides is 3. The summed E-state index contributed by atoms with van der Waals surface area (Å²) in [5, 5.41) is 6.77. The molecule has 1 saturated heterocycles. The number of fused-ring (bicyclic) bond motifs is 1. The minimum Gasteiger partial charge on any atom is -0.404 e. The summed E-state index contributed by atoms with van der Waals surface area (Å²) in [5.41, 5.74) is 2.20. The Balaban J connectivity index is 0.00000106. The van der Waals surface area contributed by atoms with Crippen molar-refractivity contribution in [2.24, 2.45) is 5.41 Å². The number of nitrogens with zero attached hydrogens (tertiary/aromatic N) is 3. The van der Waals surface area contributed by atoms with Crippen molar-refractivity contribution in [3.63, 3.8) is 0 Å². The van der Waals surface area contributed by atoms with Gasteiger partial charge in [0.05, 0.1) is 23.8 Å². The van der Waals surface area contributed by atoms with E-state index in [0.717, 1.165) is 31.7 Å². The zero-order valence-corrected chi connectivity index (χ0v) is 16.8. The maximum atomic E-state index is 12.5. The smallest absolute Gasteiger partial charge is 0.404 e. The molecule has 0 radical (unpaired) electrons. The van der Waals surface area contributed by atoms with E-state index in [9.17, 15) is 13.2 Å². The molecule has 0 atom stereocenters. The lowest BCUT2D eigenvalue weighted by Crippen LogP contribution is -2.63. The zero-order chi connectivity index (χ0) is 21.4. The van der Waals surface area contributed by atoms with Crippen LogP contribution in [0.5, 0.6) is 5.75 Å². The summed E-state index contributed by atoms with van der Waals surface area (Å²) in [6, 6.07) is 8.71. The molecule has 3 aromatic rings. The summed E-state index contributed by atoms with van der Waals surface area (Å²) in [6.45, 7) is 6.17. The van der Waals surface area contributed by atoms with Crippen molar-refractivity contribution in [1.82, 2.24) is 19.7 Å². The van der Waals surface area contributed by atoms with Crippen LogP contribution in [0, 0.1) is 5.41 Å². The van der Waals surface area contributed by atoms with Crippen molar-refractivity contribution < 1.29 is 17.9 Å². The lowest BCUT2D eigenvalue weighted by Gasteiger charge is -2.54. The molecule has 1 aliphatic heterocycles. The van der Waals surface area contributed by atoms with Gasteiger partial charge in [-0.25, -0.2) is 9.97 Å². The molecule has 1 aliphatic carbocycles. The van der Waals surface area contributed by atoms with Crippen LogP contribution < -0.4 is 15.4 Å². The molecule has 0 bridgehead atoms. The monoisotopic (exact) mass is 419 g/mol. The summed E-state index contributed by atoms with van der Waals surface area (Å²) in [5.74, 6) is 0.449. The number of imidazole rings is 1. The van der Waals surface area contributed by atoms with E-state index in [4.69, 9.17) is 0 Å². The number of anilines is 1. The molecular formula is C21H24F3N5O. The number of hydrogen-bond acceptors (Lipinski definition) is 5. The summed E-state index contributed by atoms with van der Waals surface area (Å²) < 4.78 is 43.1. The van der Waals surface area contributed by atoms with Crippen molar-refractivity contribution in [2.45, 2.75) is 39.1 Å². The lowest BCUT2D eigenvalue weighted by molar-refractivity contribution is -0.274. The standard InChI is InChI=1S/C19H18F3N5O.C2H6/c20-19(21,22)28-13-4-5-17-24-8-15(27(17)9-13)14-2-1-3-16(26-14)25-12-6-18(7-12)10-23-11-18;1-2/h1-5,8-9,12,23H,6-7,10-11H2,(H,25,26);1-2H3. The Morgan fingerprint density at radius 2 is 1.93 bits per heavy atom. The van der Waals surface area contributed by atoms with Crippen LogP contribution in [0.3, 0.4) is 0 Å². The van der Waals surface area contributed by atoms with Crippen molar-refractivity contribution in [3.05, 3.63) is 42.7 Å². The topological polar surface area (TPSA) is 63.5 Å². The van der Waals surface area contributed by atoms with E-state index >= 15 is 0 Å². The number of rotatable bonds is 4. The molecule has 3 aromatic heterocycles. The van der Waals surface area contributed by atoms with Gasteiger partial charge in [0.25, 0.3) is 0 Å². The van der Waals surface area contributed by atoms with E-state index in [0.29, 0.717) is 28.5 Å². The van der Waals surface area contributed by atoms with Gasteiger partial charge in [0.15, 0.2) is 0 Å². The molecule has 0 amide bonds. The summed E-state index contributed by atoms with van der Waals surface area (Å²) in [6.07, 6.45) is 0.370. The highest BCUT2D eigenvalue weighted by atomic mass is 19.4. The van der Waals surface area contributed by atoms with Gasteiger partial charge in [-0.05, 0) is 42.5 Å². The Kier molecular flexibility index (Phi) is 5.31. The Hall–Kier alpha value is -2.81. The number of nitrogens with one attached hydrogen (secondary N) is 2. The molecule has 2 N–H and O–H groups in total. The number of pyridine rings is 2. The number of halogens is 3. The normalized spacial score (nSPS) is 17.6. The number of hydrogen-bond donors (Lipinski definition) is 2. The first-order chi connectivity index (χ1) is 14.4. The third-order valence-corrected chi connectivity index (χ3v) is 5.43. The molecule has 2 aliphatic rings. The zero-order valence-electron chi connectivity index (χ0n) is 16.8. The predicted molar refractivity (Wildman–Crippen MR) is 108 cm³/mol. The van der Waals surface area contributed by atoms with Crippen LogP contribution in [-0.4, -0.2) is 39.9 Å². The quantitative estimate of drug-likeness (QED) is 0.653. The van der Waals surface area contributed by atoms with Crippen LogP contribution in [0.2, 0.25) is 0 Å².